The molecule has 2 aromatic carbocycles. The number of amides is 1. The second-order valence-electron chi connectivity index (χ2n) is 7.66. The molecule has 1 aromatic heterocycles. The molecule has 7 heteroatoms. The molecule has 0 unspecified atom stereocenters. The lowest BCUT2D eigenvalue weighted by molar-refractivity contribution is -0.118. The molecule has 0 saturated carbocycles. The molecule has 1 heterocycles. The summed E-state index contributed by atoms with van der Waals surface area (Å²) in [6, 6.07) is 14.3. The SMILES string of the molecule is COc1ccc(CSCC(=O)N/N=C\c2c(Br)c(C)n(-c3cc(C)ccc3C)c2C)cc1. The molecule has 1 amide bonds. The molecule has 0 spiro atoms. The Morgan fingerprint density at radius 3 is 2.53 bits per heavy atom. The third kappa shape index (κ3) is 5.64. The zero-order chi connectivity index (χ0) is 23.3. The number of aromatic nitrogens is 1. The fourth-order valence-corrected chi connectivity index (χ4v) is 4.83. The summed E-state index contributed by atoms with van der Waals surface area (Å²) in [6.45, 7) is 8.34. The molecule has 0 radical (unpaired) electrons. The Kier molecular flexibility index (Phi) is 8.21. The zero-order valence-electron chi connectivity index (χ0n) is 19.0. The van der Waals surface area contributed by atoms with E-state index in [1.807, 2.05) is 24.3 Å². The summed E-state index contributed by atoms with van der Waals surface area (Å²) in [6.07, 6.45) is 1.71. The van der Waals surface area contributed by atoms with Gasteiger partial charge in [-0.2, -0.15) is 5.10 Å². The monoisotopic (exact) mass is 513 g/mol. The number of benzene rings is 2. The minimum absolute atomic E-state index is 0.126. The predicted octanol–water partition coefficient (Wildman–Crippen LogP) is 5.87. The van der Waals surface area contributed by atoms with Gasteiger partial charge in [-0.05, 0) is 78.5 Å². The van der Waals surface area contributed by atoms with Crippen molar-refractivity contribution in [2.45, 2.75) is 33.4 Å². The van der Waals surface area contributed by atoms with Crippen LogP contribution in [-0.4, -0.2) is 29.6 Å². The van der Waals surface area contributed by atoms with E-state index in [1.165, 1.54) is 11.1 Å². The van der Waals surface area contributed by atoms with Gasteiger partial charge < -0.3 is 9.30 Å². The number of aryl methyl sites for hydroxylation is 2. The van der Waals surface area contributed by atoms with E-state index in [-0.39, 0.29) is 5.91 Å². The highest BCUT2D eigenvalue weighted by Gasteiger charge is 2.17. The van der Waals surface area contributed by atoms with Crippen LogP contribution >= 0.6 is 27.7 Å². The molecule has 3 aromatic rings. The smallest absolute Gasteiger partial charge is 0.250 e. The Bertz CT molecular complexity index is 1140. The van der Waals surface area contributed by atoms with Gasteiger partial charge in [0.25, 0.3) is 0 Å². The van der Waals surface area contributed by atoms with Crippen molar-refractivity contribution < 1.29 is 9.53 Å². The summed E-state index contributed by atoms with van der Waals surface area (Å²) in [5.41, 5.74) is 10.5. The third-order valence-electron chi connectivity index (χ3n) is 5.26. The number of methoxy groups -OCH3 is 1. The summed E-state index contributed by atoms with van der Waals surface area (Å²) >= 11 is 5.25. The van der Waals surface area contributed by atoms with Crippen LogP contribution in [0.2, 0.25) is 0 Å². The van der Waals surface area contributed by atoms with Gasteiger partial charge in [-0.3, -0.25) is 4.79 Å². The van der Waals surface area contributed by atoms with Gasteiger partial charge in [0.1, 0.15) is 5.75 Å². The lowest BCUT2D eigenvalue weighted by Crippen LogP contribution is -2.19. The van der Waals surface area contributed by atoms with Gasteiger partial charge >= 0.3 is 0 Å². The first kappa shape index (κ1) is 24.1. The van der Waals surface area contributed by atoms with Crippen molar-refractivity contribution in [3.8, 4) is 11.4 Å². The molecule has 168 valence electrons. The number of thioether (sulfide) groups is 1. The molecule has 0 atom stereocenters. The predicted molar refractivity (Wildman–Crippen MR) is 137 cm³/mol. The highest BCUT2D eigenvalue weighted by Crippen LogP contribution is 2.31. The van der Waals surface area contributed by atoms with Crippen LogP contribution in [0.5, 0.6) is 5.75 Å². The largest absolute Gasteiger partial charge is 0.497 e. The summed E-state index contributed by atoms with van der Waals surface area (Å²) in [5, 5.41) is 4.20. The van der Waals surface area contributed by atoms with E-state index in [0.717, 1.165) is 44.2 Å². The number of hydrogen-bond acceptors (Lipinski definition) is 4. The Balaban J connectivity index is 1.62. The number of hydrogen-bond donors (Lipinski definition) is 1. The quantitative estimate of drug-likeness (QED) is 0.302. The number of nitrogens with zero attached hydrogens (tertiary/aromatic N) is 2. The average Bonchev–Trinajstić information content (AvgIpc) is 2.99. The van der Waals surface area contributed by atoms with Gasteiger partial charge in [-0.15, -0.1) is 11.8 Å². The zero-order valence-corrected chi connectivity index (χ0v) is 21.4. The van der Waals surface area contributed by atoms with E-state index in [2.05, 4.69) is 76.9 Å². The van der Waals surface area contributed by atoms with Crippen LogP contribution in [0.1, 0.15) is 33.6 Å². The van der Waals surface area contributed by atoms with Crippen LogP contribution in [0.3, 0.4) is 0 Å². The molecular formula is C25H28BrN3O2S. The van der Waals surface area contributed by atoms with E-state index >= 15 is 0 Å². The van der Waals surface area contributed by atoms with Crippen molar-refractivity contribution in [2.75, 3.05) is 12.9 Å². The second-order valence-corrected chi connectivity index (χ2v) is 9.44. The molecule has 1 N–H and O–H groups in total. The van der Waals surface area contributed by atoms with Gasteiger partial charge in [0.05, 0.1) is 19.1 Å². The van der Waals surface area contributed by atoms with Crippen molar-refractivity contribution in [2.24, 2.45) is 5.10 Å². The number of carbonyl (C=O) groups is 1. The topological polar surface area (TPSA) is 55.6 Å². The molecule has 3 rings (SSSR count). The van der Waals surface area contributed by atoms with Crippen molar-refractivity contribution >= 4 is 39.8 Å². The Labute approximate surface area is 202 Å². The number of rotatable bonds is 8. The molecule has 0 saturated heterocycles. The average molecular weight is 514 g/mol. The summed E-state index contributed by atoms with van der Waals surface area (Å²) in [5.74, 6) is 1.79. The van der Waals surface area contributed by atoms with E-state index in [0.29, 0.717) is 5.75 Å². The van der Waals surface area contributed by atoms with E-state index in [4.69, 9.17) is 4.74 Å². The Morgan fingerprint density at radius 1 is 1.12 bits per heavy atom. The van der Waals surface area contributed by atoms with Crippen LogP contribution in [0, 0.1) is 27.7 Å². The maximum Gasteiger partial charge on any atom is 0.250 e. The summed E-state index contributed by atoms with van der Waals surface area (Å²) < 4.78 is 8.36. The number of ether oxygens (including phenoxy) is 1. The highest BCUT2D eigenvalue weighted by atomic mass is 79.9. The van der Waals surface area contributed by atoms with Crippen molar-refractivity contribution in [1.82, 2.24) is 9.99 Å². The van der Waals surface area contributed by atoms with Crippen LogP contribution in [0.4, 0.5) is 0 Å². The number of halogens is 1. The molecule has 0 fully saturated rings. The standard InChI is InChI=1S/C25H28BrN3O2S/c1-16-6-7-17(2)23(12-16)29-18(3)22(25(26)19(29)4)13-27-28-24(30)15-32-14-20-8-10-21(31-5)11-9-20/h6-13H,14-15H2,1-5H3,(H,28,30)/b27-13-. The van der Waals surface area contributed by atoms with Crippen LogP contribution < -0.4 is 10.2 Å². The highest BCUT2D eigenvalue weighted by molar-refractivity contribution is 9.10. The lowest BCUT2D eigenvalue weighted by Gasteiger charge is -2.13. The van der Waals surface area contributed by atoms with Crippen molar-refractivity contribution in [3.05, 3.63) is 80.6 Å². The maximum absolute atomic E-state index is 12.2. The first-order valence-electron chi connectivity index (χ1n) is 10.3. The normalized spacial score (nSPS) is 11.2. The molecule has 0 aliphatic rings. The number of nitrogens with one attached hydrogen (secondary N) is 1. The van der Waals surface area contributed by atoms with Gasteiger partial charge in [-0.25, -0.2) is 5.43 Å². The van der Waals surface area contributed by atoms with Gasteiger partial charge in [0, 0.05) is 32.9 Å². The van der Waals surface area contributed by atoms with E-state index in [1.54, 1.807) is 25.1 Å². The lowest BCUT2D eigenvalue weighted by atomic mass is 10.1. The second kappa shape index (κ2) is 10.9. The van der Waals surface area contributed by atoms with Crippen LogP contribution in [0.15, 0.2) is 52.0 Å². The minimum Gasteiger partial charge on any atom is -0.497 e. The molecule has 5 nitrogen and oxygen atoms in total. The van der Waals surface area contributed by atoms with Crippen molar-refractivity contribution in [3.63, 3.8) is 0 Å². The fourth-order valence-electron chi connectivity index (χ4n) is 3.48. The van der Waals surface area contributed by atoms with Crippen LogP contribution in [0.25, 0.3) is 5.69 Å². The molecule has 0 aliphatic heterocycles. The molecule has 32 heavy (non-hydrogen) atoms. The first-order chi connectivity index (χ1) is 15.3. The minimum atomic E-state index is -0.126. The van der Waals surface area contributed by atoms with Crippen LogP contribution in [-0.2, 0) is 10.5 Å². The number of carbonyl (C=O) groups excluding carboxylic acids is 1. The Morgan fingerprint density at radius 2 is 1.84 bits per heavy atom. The Hall–Kier alpha value is -2.51. The summed E-state index contributed by atoms with van der Waals surface area (Å²) in [7, 11) is 1.65. The third-order valence-corrected chi connectivity index (χ3v) is 7.27. The molecule has 0 aliphatic carbocycles. The number of hydrazone groups is 1. The summed E-state index contributed by atoms with van der Waals surface area (Å²) in [4.78, 5) is 12.2. The fraction of sp³-hybridized carbons (Fsp3) is 0.280. The molecule has 0 bridgehead atoms. The van der Waals surface area contributed by atoms with Gasteiger partial charge in [0.2, 0.25) is 5.91 Å². The first-order valence-corrected chi connectivity index (χ1v) is 12.2. The van der Waals surface area contributed by atoms with E-state index in [9.17, 15) is 4.79 Å². The maximum atomic E-state index is 12.2. The van der Waals surface area contributed by atoms with Gasteiger partial charge in [-0.1, -0.05) is 24.3 Å². The molecular weight excluding hydrogens is 486 g/mol. The van der Waals surface area contributed by atoms with E-state index < -0.39 is 0 Å². The van der Waals surface area contributed by atoms with Crippen molar-refractivity contribution in [1.29, 1.82) is 0 Å². The van der Waals surface area contributed by atoms with Gasteiger partial charge in [0.15, 0.2) is 0 Å².